The molecule has 0 heterocycles. The van der Waals surface area contributed by atoms with Gasteiger partial charge in [-0.1, -0.05) is 19.8 Å². The molecule has 0 aromatic heterocycles. The molecule has 0 aromatic carbocycles. The molecule has 0 saturated heterocycles. The SMILES string of the molecule is CC(N)C(C)C(=O)N(C(C)C)C1CCCC1.Cl. The third-order valence-corrected chi connectivity index (χ3v) is 3.71. The number of nitrogens with zero attached hydrogens (tertiary/aromatic N) is 1. The van der Waals surface area contributed by atoms with Crippen molar-refractivity contribution < 1.29 is 4.79 Å². The van der Waals surface area contributed by atoms with Crippen molar-refractivity contribution in [1.29, 1.82) is 0 Å². The van der Waals surface area contributed by atoms with Crippen molar-refractivity contribution >= 4 is 18.3 Å². The van der Waals surface area contributed by atoms with Gasteiger partial charge < -0.3 is 10.6 Å². The summed E-state index contributed by atoms with van der Waals surface area (Å²) in [7, 11) is 0. The van der Waals surface area contributed by atoms with Crippen molar-refractivity contribution in [1.82, 2.24) is 4.90 Å². The second-order valence-electron chi connectivity index (χ2n) is 5.43. The molecule has 1 fully saturated rings. The van der Waals surface area contributed by atoms with Gasteiger partial charge in [0.25, 0.3) is 0 Å². The van der Waals surface area contributed by atoms with E-state index < -0.39 is 0 Å². The van der Waals surface area contributed by atoms with E-state index in [0.717, 1.165) is 12.8 Å². The molecule has 0 radical (unpaired) electrons. The fourth-order valence-corrected chi connectivity index (χ4v) is 2.50. The Labute approximate surface area is 112 Å². The Kier molecular flexibility index (Phi) is 7.10. The van der Waals surface area contributed by atoms with E-state index in [2.05, 4.69) is 18.7 Å². The number of nitrogens with two attached hydrogens (primary N) is 1. The minimum absolute atomic E-state index is 0. The van der Waals surface area contributed by atoms with Crippen LogP contribution in [-0.2, 0) is 4.79 Å². The highest BCUT2D eigenvalue weighted by Crippen LogP contribution is 2.26. The van der Waals surface area contributed by atoms with Crippen LogP contribution >= 0.6 is 12.4 Å². The molecule has 3 nitrogen and oxygen atoms in total. The lowest BCUT2D eigenvalue weighted by molar-refractivity contribution is -0.139. The first-order valence-corrected chi connectivity index (χ1v) is 6.53. The van der Waals surface area contributed by atoms with Crippen LogP contribution in [0.4, 0.5) is 0 Å². The fraction of sp³-hybridized carbons (Fsp3) is 0.923. The standard InChI is InChI=1S/C13H26N2O.ClH/c1-9(2)15(12-7-5-6-8-12)13(16)10(3)11(4)14;/h9-12H,5-8,14H2,1-4H3;1H. The van der Waals surface area contributed by atoms with Crippen LogP contribution in [0.25, 0.3) is 0 Å². The molecular weight excluding hydrogens is 236 g/mol. The largest absolute Gasteiger partial charge is 0.337 e. The summed E-state index contributed by atoms with van der Waals surface area (Å²) in [4.78, 5) is 14.4. The molecule has 1 aliphatic carbocycles. The lowest BCUT2D eigenvalue weighted by atomic mass is 10.00. The van der Waals surface area contributed by atoms with Gasteiger partial charge in [-0.3, -0.25) is 4.79 Å². The Morgan fingerprint density at radius 3 is 2.00 bits per heavy atom. The fourth-order valence-electron chi connectivity index (χ4n) is 2.50. The Hall–Kier alpha value is -0.280. The van der Waals surface area contributed by atoms with Gasteiger partial charge in [-0.2, -0.15) is 0 Å². The Morgan fingerprint density at radius 2 is 1.65 bits per heavy atom. The summed E-state index contributed by atoms with van der Waals surface area (Å²) in [5.41, 5.74) is 5.83. The molecule has 1 aliphatic rings. The third kappa shape index (κ3) is 4.14. The number of hydrogen-bond acceptors (Lipinski definition) is 2. The smallest absolute Gasteiger partial charge is 0.227 e. The van der Waals surface area contributed by atoms with Gasteiger partial charge in [0.2, 0.25) is 5.91 Å². The van der Waals surface area contributed by atoms with Gasteiger partial charge in [-0.25, -0.2) is 0 Å². The average molecular weight is 263 g/mol. The van der Waals surface area contributed by atoms with E-state index in [-0.39, 0.29) is 36.3 Å². The number of carbonyl (C=O) groups excluding carboxylic acids is 1. The van der Waals surface area contributed by atoms with Crippen molar-refractivity contribution in [2.45, 2.75) is 71.5 Å². The normalized spacial score (nSPS) is 19.9. The molecule has 2 N–H and O–H groups in total. The molecule has 17 heavy (non-hydrogen) atoms. The van der Waals surface area contributed by atoms with Gasteiger partial charge in [0, 0.05) is 18.1 Å². The molecule has 1 rings (SSSR count). The van der Waals surface area contributed by atoms with Crippen LogP contribution in [0.15, 0.2) is 0 Å². The van der Waals surface area contributed by atoms with Crippen LogP contribution in [-0.4, -0.2) is 28.9 Å². The monoisotopic (exact) mass is 262 g/mol. The Balaban J connectivity index is 0.00000256. The number of halogens is 1. The van der Waals surface area contributed by atoms with Crippen LogP contribution in [0, 0.1) is 5.92 Å². The quantitative estimate of drug-likeness (QED) is 0.847. The first-order chi connectivity index (χ1) is 7.45. The van der Waals surface area contributed by atoms with E-state index in [4.69, 9.17) is 5.73 Å². The highest BCUT2D eigenvalue weighted by molar-refractivity contribution is 5.85. The zero-order chi connectivity index (χ0) is 12.3. The number of amides is 1. The molecule has 1 saturated carbocycles. The average Bonchev–Trinajstić information content (AvgIpc) is 2.69. The lowest BCUT2D eigenvalue weighted by Gasteiger charge is -2.35. The first kappa shape index (κ1) is 16.7. The molecular formula is C13H27ClN2O. The molecule has 0 aliphatic heterocycles. The van der Waals surface area contributed by atoms with Crippen molar-refractivity contribution in [3.63, 3.8) is 0 Å². The molecule has 0 bridgehead atoms. The van der Waals surface area contributed by atoms with Crippen molar-refractivity contribution in [2.24, 2.45) is 11.7 Å². The molecule has 0 aromatic rings. The lowest BCUT2D eigenvalue weighted by Crippen LogP contribution is -2.49. The van der Waals surface area contributed by atoms with Crippen molar-refractivity contribution in [3.8, 4) is 0 Å². The van der Waals surface area contributed by atoms with Crippen LogP contribution in [0.1, 0.15) is 53.4 Å². The second kappa shape index (κ2) is 7.22. The maximum atomic E-state index is 12.4. The van der Waals surface area contributed by atoms with E-state index in [9.17, 15) is 4.79 Å². The summed E-state index contributed by atoms with van der Waals surface area (Å²) in [6.45, 7) is 8.06. The van der Waals surface area contributed by atoms with E-state index in [0.29, 0.717) is 6.04 Å². The van der Waals surface area contributed by atoms with Gasteiger partial charge in [-0.15, -0.1) is 12.4 Å². The Bertz CT molecular complexity index is 238. The minimum atomic E-state index is -0.0667. The van der Waals surface area contributed by atoms with Gasteiger partial charge in [-0.05, 0) is 33.6 Å². The van der Waals surface area contributed by atoms with Gasteiger partial charge in [0.15, 0.2) is 0 Å². The molecule has 2 unspecified atom stereocenters. The van der Waals surface area contributed by atoms with E-state index >= 15 is 0 Å². The zero-order valence-electron chi connectivity index (χ0n) is 11.5. The van der Waals surface area contributed by atoms with Crippen LogP contribution in [0.5, 0.6) is 0 Å². The summed E-state index contributed by atoms with van der Waals surface area (Å²) >= 11 is 0. The number of hydrogen-bond donors (Lipinski definition) is 1. The molecule has 4 heteroatoms. The molecule has 102 valence electrons. The minimum Gasteiger partial charge on any atom is -0.337 e. The summed E-state index contributed by atoms with van der Waals surface area (Å²) in [6, 6.07) is 0.681. The van der Waals surface area contributed by atoms with E-state index in [1.54, 1.807) is 0 Å². The summed E-state index contributed by atoms with van der Waals surface area (Å²) in [5, 5.41) is 0. The number of rotatable bonds is 4. The Morgan fingerprint density at radius 1 is 1.18 bits per heavy atom. The maximum Gasteiger partial charge on any atom is 0.227 e. The van der Waals surface area contributed by atoms with Crippen LogP contribution in [0.3, 0.4) is 0 Å². The number of carbonyl (C=O) groups is 1. The van der Waals surface area contributed by atoms with Gasteiger partial charge in [0.1, 0.15) is 0 Å². The highest BCUT2D eigenvalue weighted by atomic mass is 35.5. The van der Waals surface area contributed by atoms with Crippen LogP contribution < -0.4 is 5.73 Å². The summed E-state index contributed by atoms with van der Waals surface area (Å²) in [6.07, 6.45) is 4.84. The van der Waals surface area contributed by atoms with Crippen LogP contribution in [0.2, 0.25) is 0 Å². The first-order valence-electron chi connectivity index (χ1n) is 6.53. The topological polar surface area (TPSA) is 46.3 Å². The molecule has 1 amide bonds. The van der Waals surface area contributed by atoms with Crippen molar-refractivity contribution in [3.05, 3.63) is 0 Å². The second-order valence-corrected chi connectivity index (χ2v) is 5.43. The third-order valence-electron chi connectivity index (χ3n) is 3.71. The predicted molar refractivity (Wildman–Crippen MR) is 74.3 cm³/mol. The van der Waals surface area contributed by atoms with Crippen molar-refractivity contribution in [2.75, 3.05) is 0 Å². The van der Waals surface area contributed by atoms with Gasteiger partial charge >= 0.3 is 0 Å². The summed E-state index contributed by atoms with van der Waals surface area (Å²) < 4.78 is 0. The summed E-state index contributed by atoms with van der Waals surface area (Å²) in [5.74, 6) is 0.167. The predicted octanol–water partition coefficient (Wildman–Crippen LogP) is 2.57. The van der Waals surface area contributed by atoms with E-state index in [1.807, 2.05) is 13.8 Å². The molecule has 0 spiro atoms. The maximum absolute atomic E-state index is 12.4. The van der Waals surface area contributed by atoms with E-state index in [1.165, 1.54) is 12.8 Å². The van der Waals surface area contributed by atoms with Gasteiger partial charge in [0.05, 0.1) is 5.92 Å². The highest BCUT2D eigenvalue weighted by Gasteiger charge is 2.32. The molecule has 2 atom stereocenters. The zero-order valence-corrected chi connectivity index (χ0v) is 12.3.